The van der Waals surface area contributed by atoms with Crippen LogP contribution in [0.3, 0.4) is 0 Å². The third-order valence-electron chi connectivity index (χ3n) is 5.40. The second-order valence-electron chi connectivity index (χ2n) is 7.82. The lowest BCUT2D eigenvalue weighted by molar-refractivity contribution is -0.144. The Morgan fingerprint density at radius 1 is 0.857 bits per heavy atom. The van der Waals surface area contributed by atoms with E-state index in [0.29, 0.717) is 29.4 Å². The molecule has 3 aromatic rings. The summed E-state index contributed by atoms with van der Waals surface area (Å²) in [5.41, 5.74) is 2.54. The lowest BCUT2D eigenvalue weighted by Crippen LogP contribution is -2.33. The molecule has 0 bridgehead atoms. The Morgan fingerprint density at radius 2 is 1.60 bits per heavy atom. The molecule has 1 N–H and O–H groups in total. The van der Waals surface area contributed by atoms with Gasteiger partial charge < -0.3 is 24.3 Å². The molecule has 3 rings (SSSR count). The van der Waals surface area contributed by atoms with Crippen LogP contribution in [0.5, 0.6) is 17.2 Å². The lowest BCUT2D eigenvalue weighted by atomic mass is 9.98. The largest absolute Gasteiger partial charge is 0.493 e. The third kappa shape index (κ3) is 7.50. The van der Waals surface area contributed by atoms with E-state index in [2.05, 4.69) is 5.32 Å². The van der Waals surface area contributed by atoms with Crippen molar-refractivity contribution in [1.82, 2.24) is 5.32 Å². The monoisotopic (exact) mass is 477 g/mol. The van der Waals surface area contributed by atoms with E-state index in [1.54, 1.807) is 32.2 Å². The first-order chi connectivity index (χ1) is 17.0. The summed E-state index contributed by atoms with van der Waals surface area (Å²) in [7, 11) is 3.07. The Hall–Kier alpha value is -4.00. The highest BCUT2D eigenvalue weighted by Gasteiger charge is 2.24. The smallest absolute Gasteiger partial charge is 0.315 e. The third-order valence-corrected chi connectivity index (χ3v) is 5.40. The SMILES string of the molecule is CCOC(=O)C(CNC(=O)Cc1cccc(OCc2ccccc2)c1)c1ccc(OC)c(OC)c1. The van der Waals surface area contributed by atoms with Crippen molar-refractivity contribution in [3.63, 3.8) is 0 Å². The Labute approximate surface area is 206 Å². The molecule has 0 saturated carbocycles. The van der Waals surface area contributed by atoms with Crippen molar-refractivity contribution >= 4 is 11.9 Å². The van der Waals surface area contributed by atoms with Gasteiger partial charge in [0.25, 0.3) is 0 Å². The van der Waals surface area contributed by atoms with Gasteiger partial charge in [-0.1, -0.05) is 48.5 Å². The van der Waals surface area contributed by atoms with E-state index >= 15 is 0 Å². The molecule has 0 aliphatic heterocycles. The first-order valence-corrected chi connectivity index (χ1v) is 11.4. The molecular formula is C28H31NO6. The number of carbonyl (C=O) groups excluding carboxylic acids is 2. The fourth-order valence-corrected chi connectivity index (χ4v) is 3.60. The van der Waals surface area contributed by atoms with Gasteiger partial charge in [0.2, 0.25) is 5.91 Å². The predicted molar refractivity (Wildman–Crippen MR) is 133 cm³/mol. The van der Waals surface area contributed by atoms with E-state index in [9.17, 15) is 9.59 Å². The summed E-state index contributed by atoms with van der Waals surface area (Å²) in [4.78, 5) is 25.3. The van der Waals surface area contributed by atoms with Crippen molar-refractivity contribution in [2.45, 2.75) is 25.9 Å². The molecule has 0 radical (unpaired) electrons. The maximum atomic E-state index is 12.7. The fourth-order valence-electron chi connectivity index (χ4n) is 3.60. The number of ether oxygens (including phenoxy) is 4. The zero-order valence-electron chi connectivity index (χ0n) is 20.3. The van der Waals surface area contributed by atoms with Gasteiger partial charge in [-0.05, 0) is 47.9 Å². The summed E-state index contributed by atoms with van der Waals surface area (Å²) in [5, 5.41) is 2.86. The van der Waals surface area contributed by atoms with Crippen molar-refractivity contribution in [3.8, 4) is 17.2 Å². The molecule has 0 aliphatic rings. The standard InChI is InChI=1S/C28H31NO6/c1-4-34-28(31)24(22-13-14-25(32-2)26(17-22)33-3)18-29-27(30)16-21-11-8-12-23(15-21)35-19-20-9-6-5-7-10-20/h5-15,17,24H,4,16,18-19H2,1-3H3,(H,29,30). The molecule has 0 saturated heterocycles. The van der Waals surface area contributed by atoms with Crippen molar-refractivity contribution in [3.05, 3.63) is 89.5 Å². The minimum atomic E-state index is -0.681. The van der Waals surface area contributed by atoms with Gasteiger partial charge in [0.1, 0.15) is 12.4 Å². The molecule has 7 heteroatoms. The highest BCUT2D eigenvalue weighted by molar-refractivity contribution is 5.82. The van der Waals surface area contributed by atoms with Crippen LogP contribution in [0, 0.1) is 0 Å². The predicted octanol–water partition coefficient (Wildman–Crippen LogP) is 4.29. The number of carbonyl (C=O) groups is 2. The van der Waals surface area contributed by atoms with Crippen LogP contribution in [0.2, 0.25) is 0 Å². The summed E-state index contributed by atoms with van der Waals surface area (Å²) in [6.07, 6.45) is 0.157. The van der Waals surface area contributed by atoms with Crippen LogP contribution >= 0.6 is 0 Å². The van der Waals surface area contributed by atoms with E-state index in [0.717, 1.165) is 11.1 Å². The van der Waals surface area contributed by atoms with Gasteiger partial charge in [0, 0.05) is 6.54 Å². The Morgan fingerprint density at radius 3 is 2.31 bits per heavy atom. The number of esters is 1. The number of rotatable bonds is 12. The second kappa shape index (κ2) is 13.0. The molecule has 1 atom stereocenters. The van der Waals surface area contributed by atoms with Gasteiger partial charge in [-0.3, -0.25) is 9.59 Å². The quantitative estimate of drug-likeness (QED) is 0.392. The average Bonchev–Trinajstić information content (AvgIpc) is 2.88. The number of methoxy groups -OCH3 is 2. The number of benzene rings is 3. The van der Waals surface area contributed by atoms with Crippen molar-refractivity contribution in [1.29, 1.82) is 0 Å². The fraction of sp³-hybridized carbons (Fsp3) is 0.286. The van der Waals surface area contributed by atoms with Gasteiger partial charge in [-0.2, -0.15) is 0 Å². The zero-order chi connectivity index (χ0) is 25.0. The molecule has 7 nitrogen and oxygen atoms in total. The zero-order valence-corrected chi connectivity index (χ0v) is 20.3. The van der Waals surface area contributed by atoms with Crippen LogP contribution in [0.25, 0.3) is 0 Å². The highest BCUT2D eigenvalue weighted by Crippen LogP contribution is 2.31. The molecule has 35 heavy (non-hydrogen) atoms. The Bertz CT molecular complexity index is 1120. The Kier molecular flexibility index (Phi) is 9.54. The summed E-state index contributed by atoms with van der Waals surface area (Å²) < 4.78 is 21.7. The lowest BCUT2D eigenvalue weighted by Gasteiger charge is -2.18. The molecule has 1 unspecified atom stereocenters. The number of hydrogen-bond acceptors (Lipinski definition) is 6. The molecule has 0 aromatic heterocycles. The Balaban J connectivity index is 1.63. The molecule has 3 aromatic carbocycles. The number of hydrogen-bond donors (Lipinski definition) is 1. The summed E-state index contributed by atoms with van der Waals surface area (Å²) in [6, 6.07) is 22.5. The van der Waals surface area contributed by atoms with Crippen LogP contribution < -0.4 is 19.5 Å². The number of amides is 1. The topological polar surface area (TPSA) is 83.1 Å². The van der Waals surface area contributed by atoms with Crippen LogP contribution in [0.4, 0.5) is 0 Å². The van der Waals surface area contributed by atoms with Crippen LogP contribution in [-0.2, 0) is 27.4 Å². The molecule has 184 valence electrons. The summed E-state index contributed by atoms with van der Waals surface area (Å²) in [6.45, 7) is 2.53. The van der Waals surface area contributed by atoms with Crippen LogP contribution in [0.15, 0.2) is 72.8 Å². The molecular weight excluding hydrogens is 446 g/mol. The van der Waals surface area contributed by atoms with Crippen molar-refractivity contribution in [2.24, 2.45) is 0 Å². The average molecular weight is 478 g/mol. The van der Waals surface area contributed by atoms with E-state index < -0.39 is 11.9 Å². The second-order valence-corrected chi connectivity index (χ2v) is 7.82. The van der Waals surface area contributed by atoms with Gasteiger partial charge in [0.15, 0.2) is 11.5 Å². The van der Waals surface area contributed by atoms with Crippen LogP contribution in [-0.4, -0.2) is 39.2 Å². The summed E-state index contributed by atoms with van der Waals surface area (Å²) in [5.74, 6) is 0.430. The van der Waals surface area contributed by atoms with Crippen molar-refractivity contribution < 1.29 is 28.5 Å². The van der Waals surface area contributed by atoms with Gasteiger partial charge >= 0.3 is 5.97 Å². The van der Waals surface area contributed by atoms with E-state index in [1.807, 2.05) is 54.6 Å². The van der Waals surface area contributed by atoms with Crippen LogP contribution in [0.1, 0.15) is 29.5 Å². The molecule has 1 amide bonds. The van der Waals surface area contributed by atoms with Gasteiger partial charge in [-0.25, -0.2) is 0 Å². The molecule has 0 aliphatic carbocycles. The maximum Gasteiger partial charge on any atom is 0.315 e. The van der Waals surface area contributed by atoms with E-state index in [4.69, 9.17) is 18.9 Å². The molecule has 0 spiro atoms. The van der Waals surface area contributed by atoms with Gasteiger partial charge in [-0.15, -0.1) is 0 Å². The highest BCUT2D eigenvalue weighted by atomic mass is 16.5. The number of nitrogens with one attached hydrogen (secondary N) is 1. The summed E-state index contributed by atoms with van der Waals surface area (Å²) >= 11 is 0. The van der Waals surface area contributed by atoms with Gasteiger partial charge in [0.05, 0.1) is 33.2 Å². The minimum Gasteiger partial charge on any atom is -0.493 e. The first-order valence-electron chi connectivity index (χ1n) is 11.4. The normalized spacial score (nSPS) is 11.3. The minimum absolute atomic E-state index is 0.0946. The molecule has 0 fully saturated rings. The first kappa shape index (κ1) is 25.6. The van der Waals surface area contributed by atoms with Crippen molar-refractivity contribution in [2.75, 3.05) is 27.4 Å². The van der Waals surface area contributed by atoms with E-state index in [-0.39, 0.29) is 25.5 Å². The molecule has 0 heterocycles. The van der Waals surface area contributed by atoms with E-state index in [1.165, 1.54) is 7.11 Å². The maximum absolute atomic E-state index is 12.7.